The van der Waals surface area contributed by atoms with Crippen LogP contribution in [0.5, 0.6) is 0 Å². The molecule has 1 N–H and O–H groups in total. The molecule has 2 rings (SSSR count). The van der Waals surface area contributed by atoms with Crippen LogP contribution in [0.1, 0.15) is 46.3 Å². The highest BCUT2D eigenvalue weighted by molar-refractivity contribution is 5.38. The van der Waals surface area contributed by atoms with E-state index in [2.05, 4.69) is 63.1 Å². The van der Waals surface area contributed by atoms with Crippen molar-refractivity contribution in [1.82, 2.24) is 10.3 Å². The molecular weight excluding hydrogens is 244 g/mol. The minimum Gasteiger partial charge on any atom is -0.306 e. The lowest BCUT2D eigenvalue weighted by Gasteiger charge is -2.19. The molecule has 0 aliphatic heterocycles. The molecule has 2 aromatic rings. The van der Waals surface area contributed by atoms with Crippen molar-refractivity contribution < 1.29 is 0 Å². The highest BCUT2D eigenvalue weighted by Gasteiger charge is 2.10. The van der Waals surface area contributed by atoms with Crippen molar-refractivity contribution in [2.75, 3.05) is 0 Å². The molecule has 1 unspecified atom stereocenters. The first-order chi connectivity index (χ1) is 9.49. The van der Waals surface area contributed by atoms with E-state index in [0.717, 1.165) is 6.54 Å². The van der Waals surface area contributed by atoms with Crippen LogP contribution in [0.2, 0.25) is 0 Å². The number of benzene rings is 1. The van der Waals surface area contributed by atoms with Gasteiger partial charge in [-0.25, -0.2) is 0 Å². The van der Waals surface area contributed by atoms with Crippen LogP contribution in [0.3, 0.4) is 0 Å². The van der Waals surface area contributed by atoms with Gasteiger partial charge in [0.15, 0.2) is 0 Å². The molecule has 0 aliphatic carbocycles. The number of nitrogens with one attached hydrogen (secondary N) is 1. The third-order valence-corrected chi connectivity index (χ3v) is 4.10. The number of aromatic nitrogens is 1. The van der Waals surface area contributed by atoms with Gasteiger partial charge in [-0.15, -0.1) is 0 Å². The Balaban J connectivity index is 2.11. The van der Waals surface area contributed by atoms with Crippen LogP contribution in [0.25, 0.3) is 0 Å². The van der Waals surface area contributed by atoms with E-state index in [1.54, 1.807) is 0 Å². The number of pyridine rings is 1. The van der Waals surface area contributed by atoms with Crippen molar-refractivity contribution in [2.45, 2.75) is 47.2 Å². The van der Waals surface area contributed by atoms with Crippen LogP contribution in [0.4, 0.5) is 0 Å². The largest absolute Gasteiger partial charge is 0.306 e. The van der Waals surface area contributed by atoms with E-state index in [1.807, 2.05) is 12.4 Å². The second kappa shape index (κ2) is 6.19. The molecule has 106 valence electrons. The summed E-state index contributed by atoms with van der Waals surface area (Å²) in [5, 5.41) is 3.60. The lowest BCUT2D eigenvalue weighted by atomic mass is 9.96. The Morgan fingerprint density at radius 3 is 2.40 bits per heavy atom. The Morgan fingerprint density at radius 1 is 1.00 bits per heavy atom. The highest BCUT2D eigenvalue weighted by Crippen LogP contribution is 2.22. The van der Waals surface area contributed by atoms with Gasteiger partial charge in [0.1, 0.15) is 0 Å². The molecule has 0 saturated carbocycles. The van der Waals surface area contributed by atoms with Crippen LogP contribution in [0.15, 0.2) is 30.6 Å². The van der Waals surface area contributed by atoms with Crippen molar-refractivity contribution in [2.24, 2.45) is 0 Å². The summed E-state index contributed by atoms with van der Waals surface area (Å²) in [5.41, 5.74) is 8.02. The number of nitrogens with zero attached hydrogens (tertiary/aromatic N) is 1. The molecule has 0 radical (unpaired) electrons. The second-order valence-electron chi connectivity index (χ2n) is 5.70. The van der Waals surface area contributed by atoms with Crippen LogP contribution in [-0.4, -0.2) is 4.98 Å². The lowest BCUT2D eigenvalue weighted by molar-refractivity contribution is 0.569. The van der Waals surface area contributed by atoms with E-state index in [9.17, 15) is 0 Å². The van der Waals surface area contributed by atoms with Gasteiger partial charge in [0.2, 0.25) is 0 Å². The van der Waals surface area contributed by atoms with Gasteiger partial charge in [-0.05, 0) is 74.1 Å². The molecule has 1 aromatic carbocycles. The summed E-state index contributed by atoms with van der Waals surface area (Å²) in [5.74, 6) is 0. The van der Waals surface area contributed by atoms with Crippen LogP contribution < -0.4 is 5.32 Å². The Hall–Kier alpha value is -1.67. The van der Waals surface area contributed by atoms with Gasteiger partial charge in [0, 0.05) is 25.0 Å². The Bertz CT molecular complexity index is 602. The molecule has 0 saturated heterocycles. The molecule has 0 spiro atoms. The van der Waals surface area contributed by atoms with E-state index >= 15 is 0 Å². The average molecular weight is 268 g/mol. The third kappa shape index (κ3) is 3.26. The molecule has 0 amide bonds. The molecule has 2 nitrogen and oxygen atoms in total. The minimum absolute atomic E-state index is 0.342. The smallest absolute Gasteiger partial charge is 0.0315 e. The summed E-state index contributed by atoms with van der Waals surface area (Å²) in [6.45, 7) is 11.7. The van der Waals surface area contributed by atoms with Crippen LogP contribution >= 0.6 is 0 Å². The first-order valence-electron chi connectivity index (χ1n) is 7.19. The van der Waals surface area contributed by atoms with Crippen molar-refractivity contribution in [3.8, 4) is 0 Å². The summed E-state index contributed by atoms with van der Waals surface area (Å²) < 4.78 is 0. The maximum Gasteiger partial charge on any atom is 0.0315 e. The molecule has 1 heterocycles. The number of rotatable bonds is 4. The maximum atomic E-state index is 4.20. The first kappa shape index (κ1) is 14.7. The zero-order valence-electron chi connectivity index (χ0n) is 13.1. The molecule has 1 atom stereocenters. The van der Waals surface area contributed by atoms with Gasteiger partial charge in [-0.3, -0.25) is 4.98 Å². The number of hydrogen-bond donors (Lipinski definition) is 1. The standard InChI is InChI=1S/C18H24N2/c1-12-6-7-19-10-17(12)11-20-16(5)18-9-14(3)13(2)8-15(18)4/h6-10,16,20H,11H2,1-5H3. The van der Waals surface area contributed by atoms with Crippen molar-refractivity contribution in [3.63, 3.8) is 0 Å². The molecule has 20 heavy (non-hydrogen) atoms. The third-order valence-electron chi connectivity index (χ3n) is 4.10. The minimum atomic E-state index is 0.342. The van der Waals surface area contributed by atoms with Crippen molar-refractivity contribution >= 4 is 0 Å². The van der Waals surface area contributed by atoms with Gasteiger partial charge in [-0.2, -0.15) is 0 Å². The Morgan fingerprint density at radius 2 is 1.70 bits per heavy atom. The fourth-order valence-corrected chi connectivity index (χ4v) is 2.50. The average Bonchev–Trinajstić information content (AvgIpc) is 2.41. The van der Waals surface area contributed by atoms with Crippen molar-refractivity contribution in [3.05, 3.63) is 64.0 Å². The molecule has 0 fully saturated rings. The van der Waals surface area contributed by atoms with E-state index in [1.165, 1.54) is 33.4 Å². The predicted molar refractivity (Wildman–Crippen MR) is 84.9 cm³/mol. The van der Waals surface area contributed by atoms with Gasteiger partial charge in [0.25, 0.3) is 0 Å². The van der Waals surface area contributed by atoms with Gasteiger partial charge < -0.3 is 5.32 Å². The van der Waals surface area contributed by atoms with E-state index in [4.69, 9.17) is 0 Å². The summed E-state index contributed by atoms with van der Waals surface area (Å²) in [6.07, 6.45) is 3.79. The predicted octanol–water partition coefficient (Wildman–Crippen LogP) is 4.17. The molecule has 0 aliphatic rings. The van der Waals surface area contributed by atoms with Crippen molar-refractivity contribution in [1.29, 1.82) is 0 Å². The molecule has 2 heteroatoms. The molecule has 1 aromatic heterocycles. The highest BCUT2D eigenvalue weighted by atomic mass is 14.9. The summed E-state index contributed by atoms with van der Waals surface area (Å²) in [6, 6.07) is 6.98. The fourth-order valence-electron chi connectivity index (χ4n) is 2.50. The topological polar surface area (TPSA) is 24.9 Å². The van der Waals surface area contributed by atoms with Gasteiger partial charge >= 0.3 is 0 Å². The number of hydrogen-bond acceptors (Lipinski definition) is 2. The summed E-state index contributed by atoms with van der Waals surface area (Å²) >= 11 is 0. The van der Waals surface area contributed by atoms with E-state index in [0.29, 0.717) is 6.04 Å². The molecule has 0 bridgehead atoms. The monoisotopic (exact) mass is 268 g/mol. The summed E-state index contributed by atoms with van der Waals surface area (Å²) in [4.78, 5) is 4.20. The summed E-state index contributed by atoms with van der Waals surface area (Å²) in [7, 11) is 0. The lowest BCUT2D eigenvalue weighted by Crippen LogP contribution is -2.19. The maximum absolute atomic E-state index is 4.20. The quantitative estimate of drug-likeness (QED) is 0.900. The number of aryl methyl sites for hydroxylation is 4. The fraction of sp³-hybridized carbons (Fsp3) is 0.389. The normalized spacial score (nSPS) is 12.4. The van der Waals surface area contributed by atoms with Crippen LogP contribution in [0, 0.1) is 27.7 Å². The first-order valence-corrected chi connectivity index (χ1v) is 7.19. The van der Waals surface area contributed by atoms with Gasteiger partial charge in [-0.1, -0.05) is 12.1 Å². The zero-order chi connectivity index (χ0) is 14.7. The van der Waals surface area contributed by atoms with Gasteiger partial charge in [0.05, 0.1) is 0 Å². The Labute approximate surface area is 122 Å². The second-order valence-corrected chi connectivity index (χ2v) is 5.70. The van der Waals surface area contributed by atoms with E-state index in [-0.39, 0.29) is 0 Å². The Kier molecular flexibility index (Phi) is 4.56. The SMILES string of the molecule is Cc1cc(C)c(C(C)NCc2cnccc2C)cc1C. The van der Waals surface area contributed by atoms with Crippen LogP contribution in [-0.2, 0) is 6.54 Å². The van der Waals surface area contributed by atoms with E-state index < -0.39 is 0 Å². The zero-order valence-corrected chi connectivity index (χ0v) is 13.1. The molecular formula is C18H24N2.